The van der Waals surface area contributed by atoms with Crippen LogP contribution in [0.5, 0.6) is 0 Å². The van der Waals surface area contributed by atoms with Gasteiger partial charge in [-0.2, -0.15) is 0 Å². The third kappa shape index (κ3) is 1.83. The van der Waals surface area contributed by atoms with Gasteiger partial charge in [-0.3, -0.25) is 15.0 Å². The normalized spacial score (nSPS) is 45.1. The largest absolute Gasteiger partial charge is 0.481 e. The second-order valence-corrected chi connectivity index (χ2v) is 5.02. The third-order valence-electron chi connectivity index (χ3n) is 4.11. The van der Waals surface area contributed by atoms with E-state index in [9.17, 15) is 15.0 Å². The van der Waals surface area contributed by atoms with Crippen molar-refractivity contribution in [3.63, 3.8) is 0 Å². The van der Waals surface area contributed by atoms with Gasteiger partial charge in [0.05, 0.1) is 5.92 Å². The standard InChI is InChI=1S/C11H20N2O3/c1-6-9(13(2)11(16)12-6)7-4-3-5-8(7)10(14)15/h6-9,11-12,16H,3-5H2,1-2H3,(H,14,15). The van der Waals surface area contributed by atoms with Crippen LogP contribution in [0.25, 0.3) is 0 Å². The predicted octanol–water partition coefficient (Wildman–Crippen LogP) is 0.0553. The molecular weight excluding hydrogens is 208 g/mol. The zero-order chi connectivity index (χ0) is 11.9. The first-order chi connectivity index (χ1) is 7.52. The number of carbonyl (C=O) groups is 1. The number of likely N-dealkylation sites (N-methyl/N-ethyl adjacent to an activating group) is 1. The molecule has 1 saturated carbocycles. The minimum atomic E-state index is -0.690. The van der Waals surface area contributed by atoms with Gasteiger partial charge in [-0.25, -0.2) is 0 Å². The van der Waals surface area contributed by atoms with Gasteiger partial charge in [0.15, 0.2) is 6.35 Å². The Morgan fingerprint density at radius 1 is 1.44 bits per heavy atom. The number of nitrogens with zero attached hydrogens (tertiary/aromatic N) is 1. The van der Waals surface area contributed by atoms with Gasteiger partial charge in [-0.1, -0.05) is 6.42 Å². The molecule has 2 aliphatic rings. The van der Waals surface area contributed by atoms with E-state index in [2.05, 4.69) is 5.32 Å². The minimum absolute atomic E-state index is 0.124. The molecule has 2 fully saturated rings. The number of carboxylic acid groups (broad SMARTS) is 1. The monoisotopic (exact) mass is 228 g/mol. The van der Waals surface area contributed by atoms with Crippen LogP contribution in [0.4, 0.5) is 0 Å². The molecule has 0 radical (unpaired) electrons. The molecule has 1 aliphatic carbocycles. The van der Waals surface area contributed by atoms with E-state index in [4.69, 9.17) is 0 Å². The second-order valence-electron chi connectivity index (χ2n) is 5.02. The molecule has 0 amide bonds. The number of aliphatic hydroxyl groups excluding tert-OH is 1. The number of rotatable bonds is 2. The molecule has 0 aromatic carbocycles. The summed E-state index contributed by atoms with van der Waals surface area (Å²) in [7, 11) is 1.85. The molecule has 0 spiro atoms. The fourth-order valence-corrected chi connectivity index (χ4v) is 3.34. The fourth-order valence-electron chi connectivity index (χ4n) is 3.34. The fraction of sp³-hybridized carbons (Fsp3) is 0.909. The number of nitrogens with one attached hydrogen (secondary N) is 1. The molecule has 1 saturated heterocycles. The summed E-state index contributed by atoms with van der Waals surface area (Å²) in [6.07, 6.45) is 2.06. The van der Waals surface area contributed by atoms with Crippen molar-refractivity contribution in [1.82, 2.24) is 10.2 Å². The van der Waals surface area contributed by atoms with E-state index in [1.54, 1.807) is 0 Å². The average molecular weight is 228 g/mol. The summed E-state index contributed by atoms with van der Waals surface area (Å²) in [6, 6.07) is 0.267. The smallest absolute Gasteiger partial charge is 0.306 e. The molecule has 1 heterocycles. The number of hydrogen-bond donors (Lipinski definition) is 3. The van der Waals surface area contributed by atoms with Crippen LogP contribution in [0.2, 0.25) is 0 Å². The molecule has 5 atom stereocenters. The van der Waals surface area contributed by atoms with Gasteiger partial charge in [0.25, 0.3) is 0 Å². The third-order valence-corrected chi connectivity index (χ3v) is 4.11. The van der Waals surface area contributed by atoms with Gasteiger partial charge >= 0.3 is 5.97 Å². The molecule has 5 nitrogen and oxygen atoms in total. The molecule has 2 rings (SSSR count). The van der Waals surface area contributed by atoms with E-state index in [1.807, 2.05) is 18.9 Å². The highest BCUT2D eigenvalue weighted by molar-refractivity contribution is 5.70. The van der Waals surface area contributed by atoms with Crippen LogP contribution in [0.15, 0.2) is 0 Å². The van der Waals surface area contributed by atoms with Gasteiger partial charge < -0.3 is 10.2 Å². The Kier molecular flexibility index (Phi) is 3.19. The predicted molar refractivity (Wildman–Crippen MR) is 58.6 cm³/mol. The molecule has 0 aromatic heterocycles. The molecule has 3 N–H and O–H groups in total. The Balaban J connectivity index is 2.14. The van der Waals surface area contributed by atoms with E-state index in [0.717, 1.165) is 19.3 Å². The van der Waals surface area contributed by atoms with Crippen LogP contribution in [0, 0.1) is 11.8 Å². The highest BCUT2D eigenvalue weighted by Crippen LogP contribution is 2.38. The lowest BCUT2D eigenvalue weighted by atomic mass is 9.85. The van der Waals surface area contributed by atoms with Crippen LogP contribution in [-0.2, 0) is 4.79 Å². The zero-order valence-electron chi connectivity index (χ0n) is 9.76. The van der Waals surface area contributed by atoms with E-state index in [1.165, 1.54) is 0 Å². The summed E-state index contributed by atoms with van der Waals surface area (Å²) in [4.78, 5) is 13.0. The van der Waals surface area contributed by atoms with E-state index in [-0.39, 0.29) is 23.9 Å². The van der Waals surface area contributed by atoms with Gasteiger partial charge in [0.1, 0.15) is 0 Å². The first kappa shape index (κ1) is 11.8. The molecular formula is C11H20N2O3. The Morgan fingerprint density at radius 3 is 2.62 bits per heavy atom. The summed E-state index contributed by atoms with van der Waals surface area (Å²) in [5.41, 5.74) is 0. The SMILES string of the molecule is CC1NC(O)N(C)C1C1CCCC1C(=O)O. The molecule has 0 aromatic rings. The maximum Gasteiger partial charge on any atom is 0.306 e. The van der Waals surface area contributed by atoms with Crippen molar-refractivity contribution in [3.05, 3.63) is 0 Å². The van der Waals surface area contributed by atoms with Crippen LogP contribution in [-0.4, -0.2) is 46.6 Å². The number of carboxylic acids is 1. The van der Waals surface area contributed by atoms with Crippen LogP contribution >= 0.6 is 0 Å². The first-order valence-electron chi connectivity index (χ1n) is 5.91. The summed E-state index contributed by atoms with van der Waals surface area (Å²) in [5.74, 6) is -0.784. The summed E-state index contributed by atoms with van der Waals surface area (Å²) in [5, 5.41) is 21.9. The highest BCUT2D eigenvalue weighted by Gasteiger charge is 2.46. The molecule has 1 aliphatic heterocycles. The Morgan fingerprint density at radius 2 is 2.12 bits per heavy atom. The van der Waals surface area contributed by atoms with Gasteiger partial charge in [-0.15, -0.1) is 0 Å². The van der Waals surface area contributed by atoms with E-state index < -0.39 is 12.3 Å². The van der Waals surface area contributed by atoms with Gasteiger partial charge in [-0.05, 0) is 32.7 Å². The summed E-state index contributed by atoms with van der Waals surface area (Å²) in [6.45, 7) is 2.01. The highest BCUT2D eigenvalue weighted by atomic mass is 16.4. The summed E-state index contributed by atoms with van der Waals surface area (Å²) >= 11 is 0. The van der Waals surface area contributed by atoms with Crippen LogP contribution < -0.4 is 5.32 Å². The summed E-state index contributed by atoms with van der Waals surface area (Å²) < 4.78 is 0. The lowest BCUT2D eigenvalue weighted by Gasteiger charge is -2.31. The number of aliphatic hydroxyl groups is 1. The Labute approximate surface area is 95.4 Å². The lowest BCUT2D eigenvalue weighted by molar-refractivity contribution is -0.144. The molecule has 16 heavy (non-hydrogen) atoms. The first-order valence-corrected chi connectivity index (χ1v) is 5.91. The minimum Gasteiger partial charge on any atom is -0.481 e. The van der Waals surface area contributed by atoms with Crippen molar-refractivity contribution >= 4 is 5.97 Å². The van der Waals surface area contributed by atoms with Gasteiger partial charge in [0, 0.05) is 12.1 Å². The van der Waals surface area contributed by atoms with Crippen molar-refractivity contribution in [1.29, 1.82) is 0 Å². The lowest BCUT2D eigenvalue weighted by Crippen LogP contribution is -2.43. The average Bonchev–Trinajstić information content (AvgIpc) is 2.73. The maximum atomic E-state index is 11.2. The zero-order valence-corrected chi connectivity index (χ0v) is 9.76. The van der Waals surface area contributed by atoms with Crippen molar-refractivity contribution < 1.29 is 15.0 Å². The molecule has 92 valence electrons. The van der Waals surface area contributed by atoms with Crippen LogP contribution in [0.1, 0.15) is 26.2 Å². The molecule has 5 unspecified atom stereocenters. The van der Waals surface area contributed by atoms with Gasteiger partial charge in [0.2, 0.25) is 0 Å². The van der Waals surface area contributed by atoms with E-state index in [0.29, 0.717) is 0 Å². The Bertz CT molecular complexity index is 284. The van der Waals surface area contributed by atoms with E-state index >= 15 is 0 Å². The quantitative estimate of drug-likeness (QED) is 0.623. The second kappa shape index (κ2) is 4.31. The topological polar surface area (TPSA) is 72.8 Å². The maximum absolute atomic E-state index is 11.2. The molecule has 0 bridgehead atoms. The number of aliphatic carboxylic acids is 1. The van der Waals surface area contributed by atoms with Crippen molar-refractivity contribution in [2.24, 2.45) is 11.8 Å². The molecule has 5 heteroatoms. The van der Waals surface area contributed by atoms with Crippen LogP contribution in [0.3, 0.4) is 0 Å². The number of hydrogen-bond acceptors (Lipinski definition) is 4. The van der Waals surface area contributed by atoms with Crippen molar-refractivity contribution in [3.8, 4) is 0 Å². The van der Waals surface area contributed by atoms with Crippen molar-refractivity contribution in [2.75, 3.05) is 7.05 Å². The Hall–Kier alpha value is -0.650. The van der Waals surface area contributed by atoms with Crippen molar-refractivity contribution in [2.45, 2.75) is 44.6 Å².